The van der Waals surface area contributed by atoms with Gasteiger partial charge < -0.3 is 23.8 Å². The number of carbonyl (C=O) groups excluding carboxylic acids is 2. The van der Waals surface area contributed by atoms with E-state index >= 15 is 0 Å². The molecular weight excluding hydrogens is 775 g/mol. The minimum Gasteiger partial charge on any atom is -0.477 e. The molecule has 8 heteroatoms. The molecule has 0 aliphatic carbocycles. The number of allylic oxidation sites excluding steroid dienone is 14. The smallest absolute Gasteiger partial charge is 0.362 e. The lowest BCUT2D eigenvalue weighted by atomic mass is 10.0. The largest absolute Gasteiger partial charge is 0.477 e. The Balaban J connectivity index is 4.40. The van der Waals surface area contributed by atoms with Crippen LogP contribution in [0.25, 0.3) is 0 Å². The van der Waals surface area contributed by atoms with Gasteiger partial charge in [-0.1, -0.05) is 189 Å². The number of nitrogens with zero attached hydrogens (tertiary/aromatic N) is 1. The molecule has 354 valence electrons. The summed E-state index contributed by atoms with van der Waals surface area (Å²) in [5.41, 5.74) is 0. The second-order valence-electron chi connectivity index (χ2n) is 17.3. The molecule has 62 heavy (non-hydrogen) atoms. The van der Waals surface area contributed by atoms with Crippen molar-refractivity contribution in [2.75, 3.05) is 41.0 Å². The summed E-state index contributed by atoms with van der Waals surface area (Å²) < 4.78 is 17.3. The fourth-order valence-electron chi connectivity index (χ4n) is 6.79. The Morgan fingerprint density at radius 1 is 0.500 bits per heavy atom. The van der Waals surface area contributed by atoms with E-state index in [2.05, 4.69) is 98.9 Å². The molecule has 0 fully saturated rings. The minimum absolute atomic E-state index is 0.0350. The molecule has 0 amide bonds. The number of quaternary nitrogens is 1. The first-order valence-corrected chi connectivity index (χ1v) is 24.6. The Hall–Kier alpha value is -3.49. The van der Waals surface area contributed by atoms with Crippen molar-refractivity contribution in [3.63, 3.8) is 0 Å². The van der Waals surface area contributed by atoms with E-state index in [0.717, 1.165) is 70.6 Å². The average molecular weight is 867 g/mol. The highest BCUT2D eigenvalue weighted by molar-refractivity contribution is 5.72. The van der Waals surface area contributed by atoms with Crippen LogP contribution < -0.4 is 0 Å². The number of rotatable bonds is 43. The molecule has 0 aliphatic heterocycles. The van der Waals surface area contributed by atoms with E-state index in [1.807, 2.05) is 21.1 Å². The number of carboxylic acids is 1. The summed E-state index contributed by atoms with van der Waals surface area (Å²) in [6.07, 6.45) is 57.8. The third-order valence-corrected chi connectivity index (χ3v) is 10.6. The van der Waals surface area contributed by atoms with Gasteiger partial charge in [-0.05, 0) is 64.2 Å². The molecule has 8 nitrogen and oxygen atoms in total. The van der Waals surface area contributed by atoms with Gasteiger partial charge in [0, 0.05) is 19.3 Å². The van der Waals surface area contributed by atoms with Gasteiger partial charge in [-0.25, -0.2) is 4.79 Å². The number of hydrogen-bond donors (Lipinski definition) is 1. The first kappa shape index (κ1) is 58.5. The van der Waals surface area contributed by atoms with Gasteiger partial charge in [-0.15, -0.1) is 0 Å². The summed E-state index contributed by atoms with van der Waals surface area (Å²) in [6.45, 7) is 4.56. The van der Waals surface area contributed by atoms with E-state index in [-0.39, 0.29) is 42.7 Å². The number of unbranched alkanes of at least 4 members (excludes halogenated alkanes) is 15. The van der Waals surface area contributed by atoms with Crippen molar-refractivity contribution in [2.45, 2.75) is 199 Å². The predicted octanol–water partition coefficient (Wildman–Crippen LogP) is 14.1. The lowest BCUT2D eigenvalue weighted by Crippen LogP contribution is -2.50. The van der Waals surface area contributed by atoms with Gasteiger partial charge in [0.2, 0.25) is 0 Å². The highest BCUT2D eigenvalue weighted by Gasteiger charge is 2.31. The lowest BCUT2D eigenvalue weighted by Gasteiger charge is -2.31. The molecule has 0 spiro atoms. The van der Waals surface area contributed by atoms with Crippen LogP contribution in [0.15, 0.2) is 85.1 Å². The lowest BCUT2D eigenvalue weighted by molar-refractivity contribution is -0.887. The zero-order valence-electron chi connectivity index (χ0n) is 40.3. The van der Waals surface area contributed by atoms with Crippen LogP contribution in [-0.4, -0.2) is 80.6 Å². The molecule has 0 heterocycles. The van der Waals surface area contributed by atoms with E-state index in [1.165, 1.54) is 77.0 Å². The molecule has 0 aliphatic rings. The molecule has 2 atom stereocenters. The maximum Gasteiger partial charge on any atom is 0.362 e. The Morgan fingerprint density at radius 3 is 1.32 bits per heavy atom. The van der Waals surface area contributed by atoms with Crippen LogP contribution in [-0.2, 0) is 28.6 Å². The summed E-state index contributed by atoms with van der Waals surface area (Å²) in [6, 6.07) is -0.629. The summed E-state index contributed by atoms with van der Waals surface area (Å²) in [5, 5.41) is 9.64. The number of esters is 2. The van der Waals surface area contributed by atoms with Gasteiger partial charge in [0.1, 0.15) is 6.61 Å². The predicted molar refractivity (Wildman–Crippen MR) is 261 cm³/mol. The third-order valence-electron chi connectivity index (χ3n) is 10.6. The van der Waals surface area contributed by atoms with E-state index in [1.54, 1.807) is 0 Å². The maximum atomic E-state index is 12.8. The highest BCUT2D eigenvalue weighted by atomic mass is 16.6. The third kappa shape index (κ3) is 41.8. The van der Waals surface area contributed by atoms with Crippen LogP contribution in [0.3, 0.4) is 0 Å². The number of carboxylic acid groups (broad SMARTS) is 1. The molecule has 2 unspecified atom stereocenters. The van der Waals surface area contributed by atoms with Crippen molar-refractivity contribution >= 4 is 17.9 Å². The summed E-state index contributed by atoms with van der Waals surface area (Å²) >= 11 is 0. The highest BCUT2D eigenvalue weighted by Crippen LogP contribution is 2.15. The molecule has 0 rings (SSSR count). The van der Waals surface area contributed by atoms with Gasteiger partial charge in [0.05, 0.1) is 34.4 Å². The Bertz CT molecular complexity index is 1290. The molecule has 0 bridgehead atoms. The topological polar surface area (TPSA) is 99.1 Å². The zero-order chi connectivity index (χ0) is 45.6. The second-order valence-corrected chi connectivity index (χ2v) is 17.3. The van der Waals surface area contributed by atoms with Gasteiger partial charge in [0.25, 0.3) is 0 Å². The summed E-state index contributed by atoms with van der Waals surface area (Å²) in [5.74, 6) is -1.55. The molecular formula is C54H92NO7+. The zero-order valence-corrected chi connectivity index (χ0v) is 40.3. The molecule has 0 aromatic carbocycles. The van der Waals surface area contributed by atoms with Crippen molar-refractivity contribution < 1.29 is 38.2 Å². The quantitative estimate of drug-likeness (QED) is 0.0282. The van der Waals surface area contributed by atoms with Crippen molar-refractivity contribution in [2.24, 2.45) is 0 Å². The average Bonchev–Trinajstić information content (AvgIpc) is 3.23. The van der Waals surface area contributed by atoms with Crippen LogP contribution in [0.1, 0.15) is 187 Å². The number of aliphatic carboxylic acids is 1. The number of ether oxygens (including phenoxy) is 3. The SMILES string of the molecule is CC/C=C/C/C=C/C/C=C/C/C=C/C/C=C/C/C=C/C/C=C/CCCC(=O)OC(COCCC(C(=O)O)[N+](C)(C)C)COC(=O)CCCCCCCCCCCCCCCCC. The monoisotopic (exact) mass is 867 g/mol. The fraction of sp³-hybridized carbons (Fsp3) is 0.685. The van der Waals surface area contributed by atoms with Crippen molar-refractivity contribution in [1.29, 1.82) is 0 Å². The van der Waals surface area contributed by atoms with Crippen LogP contribution in [0.2, 0.25) is 0 Å². The standard InChI is InChI=1S/C54H91NO7/c1-6-8-10-12-14-16-18-20-22-23-24-25-26-27-28-29-31-33-35-37-39-41-43-45-53(57)62-50(48-60-47-46-51(54(58)59)55(3,4)5)49-61-52(56)44-42-40-38-36-34-32-30-21-19-17-15-13-11-9-7-2/h8,10,14,16,20,22,24-25,27-28,31,33,37,39,50-51H,6-7,9,11-13,15,17-19,21,23,26,29-30,32,34-36,38,40-49H2,1-5H3/p+1/b10-8+,16-14+,22-20+,25-24+,28-27+,33-31+,39-37+. The summed E-state index contributed by atoms with van der Waals surface area (Å²) in [7, 11) is 5.51. The number of hydrogen-bond acceptors (Lipinski definition) is 6. The Morgan fingerprint density at radius 2 is 0.903 bits per heavy atom. The van der Waals surface area contributed by atoms with Crippen LogP contribution in [0.4, 0.5) is 0 Å². The molecule has 0 saturated heterocycles. The molecule has 0 radical (unpaired) electrons. The van der Waals surface area contributed by atoms with E-state index in [4.69, 9.17) is 14.2 Å². The van der Waals surface area contributed by atoms with Gasteiger partial charge in [-0.3, -0.25) is 9.59 Å². The normalized spacial score (nSPS) is 13.6. The van der Waals surface area contributed by atoms with Crippen LogP contribution in [0, 0.1) is 0 Å². The first-order chi connectivity index (χ1) is 30.1. The van der Waals surface area contributed by atoms with E-state index < -0.39 is 18.1 Å². The minimum atomic E-state index is -0.886. The summed E-state index contributed by atoms with van der Waals surface area (Å²) in [4.78, 5) is 37.1. The molecule has 0 saturated carbocycles. The van der Waals surface area contributed by atoms with Gasteiger partial charge in [0.15, 0.2) is 12.1 Å². The van der Waals surface area contributed by atoms with E-state index in [0.29, 0.717) is 19.3 Å². The van der Waals surface area contributed by atoms with Gasteiger partial charge >= 0.3 is 17.9 Å². The van der Waals surface area contributed by atoms with E-state index in [9.17, 15) is 19.5 Å². The van der Waals surface area contributed by atoms with Crippen molar-refractivity contribution in [3.8, 4) is 0 Å². The number of likely N-dealkylation sites (N-methyl/N-ethyl adjacent to an activating group) is 1. The second kappa shape index (κ2) is 44.1. The Labute approximate surface area is 380 Å². The van der Waals surface area contributed by atoms with Crippen LogP contribution >= 0.6 is 0 Å². The molecule has 0 aromatic rings. The Kier molecular flexibility index (Phi) is 41.6. The molecule has 0 aromatic heterocycles. The fourth-order valence-corrected chi connectivity index (χ4v) is 6.79. The van der Waals surface area contributed by atoms with Gasteiger partial charge in [-0.2, -0.15) is 0 Å². The van der Waals surface area contributed by atoms with Crippen molar-refractivity contribution in [3.05, 3.63) is 85.1 Å². The van der Waals surface area contributed by atoms with Crippen molar-refractivity contribution in [1.82, 2.24) is 0 Å². The first-order valence-electron chi connectivity index (χ1n) is 24.6. The van der Waals surface area contributed by atoms with Crippen LogP contribution in [0.5, 0.6) is 0 Å². The molecule has 1 N–H and O–H groups in total. The maximum absolute atomic E-state index is 12.8. The number of carbonyl (C=O) groups is 3.